The highest BCUT2D eigenvalue weighted by molar-refractivity contribution is 5.87. The minimum atomic E-state index is -0.951. The molecule has 1 aromatic carbocycles. The molecule has 3 nitrogen and oxygen atoms in total. The van der Waals surface area contributed by atoms with Gasteiger partial charge in [0.25, 0.3) is 0 Å². The van der Waals surface area contributed by atoms with Crippen LogP contribution in [-0.4, -0.2) is 11.9 Å². The first-order valence-electron chi connectivity index (χ1n) is 7.26. The van der Waals surface area contributed by atoms with Crippen LogP contribution < -0.4 is 11.1 Å². The summed E-state index contributed by atoms with van der Waals surface area (Å²) >= 11 is 0. The smallest absolute Gasteiger partial charge is 0.244 e. The summed E-state index contributed by atoms with van der Waals surface area (Å²) in [4.78, 5) is 12.4. The topological polar surface area (TPSA) is 55.1 Å². The van der Waals surface area contributed by atoms with E-state index >= 15 is 0 Å². The van der Waals surface area contributed by atoms with Crippen molar-refractivity contribution in [2.75, 3.05) is 0 Å². The molecular weight excluding hydrogens is 272 g/mol. The van der Waals surface area contributed by atoms with Gasteiger partial charge in [0.05, 0.1) is 0 Å². The Morgan fingerprint density at radius 2 is 1.70 bits per heavy atom. The summed E-state index contributed by atoms with van der Waals surface area (Å²) in [7, 11) is 0. The van der Waals surface area contributed by atoms with Gasteiger partial charge >= 0.3 is 0 Å². The fourth-order valence-electron chi connectivity index (χ4n) is 2.67. The predicted molar refractivity (Wildman–Crippen MR) is 84.9 cm³/mol. The van der Waals surface area contributed by atoms with Gasteiger partial charge in [-0.25, -0.2) is 0 Å². The second-order valence-corrected chi connectivity index (χ2v) is 5.73. The Kier molecular flexibility index (Phi) is 6.50. The highest BCUT2D eigenvalue weighted by Crippen LogP contribution is 2.21. The number of carbonyl (C=O) groups excluding carboxylic acids is 1. The van der Waals surface area contributed by atoms with Gasteiger partial charge in [0.2, 0.25) is 5.91 Å². The molecule has 0 saturated heterocycles. The molecule has 20 heavy (non-hydrogen) atoms. The van der Waals surface area contributed by atoms with Gasteiger partial charge in [-0.2, -0.15) is 0 Å². The van der Waals surface area contributed by atoms with Crippen LogP contribution in [0.1, 0.15) is 51.0 Å². The van der Waals surface area contributed by atoms with Crippen LogP contribution in [0.25, 0.3) is 0 Å². The number of hydrogen-bond acceptors (Lipinski definition) is 2. The van der Waals surface area contributed by atoms with Gasteiger partial charge in [-0.1, -0.05) is 56.0 Å². The summed E-state index contributed by atoms with van der Waals surface area (Å²) in [6.07, 6.45) is 7.14. The van der Waals surface area contributed by atoms with Crippen molar-refractivity contribution in [3.63, 3.8) is 0 Å². The lowest BCUT2D eigenvalue weighted by Gasteiger charge is -2.27. The molecular formula is C16H25ClN2O. The Bertz CT molecular complexity index is 412. The van der Waals surface area contributed by atoms with Gasteiger partial charge in [-0.05, 0) is 25.3 Å². The van der Waals surface area contributed by atoms with Crippen LogP contribution in [0.3, 0.4) is 0 Å². The minimum Gasteiger partial charge on any atom is -0.351 e. The molecule has 0 aliphatic heterocycles. The molecule has 112 valence electrons. The highest BCUT2D eigenvalue weighted by Gasteiger charge is 2.31. The average Bonchev–Trinajstić information content (AvgIpc) is 2.68. The van der Waals surface area contributed by atoms with E-state index < -0.39 is 5.54 Å². The van der Waals surface area contributed by atoms with Crippen LogP contribution in [0.2, 0.25) is 0 Å². The highest BCUT2D eigenvalue weighted by atomic mass is 35.5. The average molecular weight is 297 g/mol. The Labute approximate surface area is 127 Å². The van der Waals surface area contributed by atoms with Gasteiger partial charge in [0.1, 0.15) is 5.54 Å². The van der Waals surface area contributed by atoms with E-state index in [-0.39, 0.29) is 18.3 Å². The molecule has 4 heteroatoms. The number of halogens is 1. The van der Waals surface area contributed by atoms with E-state index in [1.807, 2.05) is 30.3 Å². The maximum atomic E-state index is 12.4. The molecule has 0 radical (unpaired) electrons. The summed E-state index contributed by atoms with van der Waals surface area (Å²) in [6.45, 7) is 1.79. The largest absolute Gasteiger partial charge is 0.351 e. The van der Waals surface area contributed by atoms with E-state index in [1.165, 1.54) is 25.7 Å². The zero-order chi connectivity index (χ0) is 13.7. The molecule has 1 saturated carbocycles. The summed E-state index contributed by atoms with van der Waals surface area (Å²) in [5, 5.41) is 3.13. The van der Waals surface area contributed by atoms with Crippen molar-refractivity contribution in [1.29, 1.82) is 0 Å². The van der Waals surface area contributed by atoms with E-state index in [0.29, 0.717) is 6.04 Å². The van der Waals surface area contributed by atoms with Crippen LogP contribution in [0, 0.1) is 0 Å². The van der Waals surface area contributed by atoms with Crippen LogP contribution in [0.15, 0.2) is 30.3 Å². The standard InChI is InChI=1S/C16H24N2O.ClH/c1-16(17,13-9-5-4-6-10-13)15(19)18-14-11-7-2-3-8-12-14;/h4-6,9-10,14H,2-3,7-8,11-12,17H2,1H3,(H,18,19);1H. The summed E-state index contributed by atoms with van der Waals surface area (Å²) in [6, 6.07) is 9.88. The third-order valence-electron chi connectivity index (χ3n) is 4.04. The molecule has 0 aromatic heterocycles. The third-order valence-corrected chi connectivity index (χ3v) is 4.04. The lowest BCUT2D eigenvalue weighted by atomic mass is 9.91. The molecule has 2 rings (SSSR count). The molecule has 1 amide bonds. The van der Waals surface area contributed by atoms with E-state index in [2.05, 4.69) is 5.32 Å². The predicted octanol–water partition coefficient (Wildman–Crippen LogP) is 3.12. The van der Waals surface area contributed by atoms with Gasteiger partial charge in [-0.15, -0.1) is 12.4 Å². The summed E-state index contributed by atoms with van der Waals surface area (Å²) in [5.74, 6) is -0.0643. The Hall–Kier alpha value is -1.06. The molecule has 1 atom stereocenters. The first-order chi connectivity index (χ1) is 9.10. The molecule has 1 fully saturated rings. The summed E-state index contributed by atoms with van der Waals surface area (Å²) < 4.78 is 0. The van der Waals surface area contributed by atoms with Crippen molar-refractivity contribution in [2.24, 2.45) is 5.73 Å². The molecule has 1 unspecified atom stereocenters. The first-order valence-corrected chi connectivity index (χ1v) is 7.26. The number of carbonyl (C=O) groups is 1. The second kappa shape index (κ2) is 7.65. The molecule has 3 N–H and O–H groups in total. The maximum Gasteiger partial charge on any atom is 0.244 e. The van der Waals surface area contributed by atoms with Crippen molar-refractivity contribution in [3.05, 3.63) is 35.9 Å². The number of nitrogens with two attached hydrogens (primary N) is 1. The maximum absolute atomic E-state index is 12.4. The molecule has 0 spiro atoms. The molecule has 1 aliphatic carbocycles. The number of benzene rings is 1. The van der Waals surface area contributed by atoms with Crippen LogP contribution in [-0.2, 0) is 10.3 Å². The fourth-order valence-corrected chi connectivity index (χ4v) is 2.67. The van der Waals surface area contributed by atoms with Crippen LogP contribution in [0.4, 0.5) is 0 Å². The van der Waals surface area contributed by atoms with Gasteiger partial charge in [-0.3, -0.25) is 4.79 Å². The Morgan fingerprint density at radius 3 is 2.25 bits per heavy atom. The third kappa shape index (κ3) is 4.22. The molecule has 0 heterocycles. The second-order valence-electron chi connectivity index (χ2n) is 5.73. The van der Waals surface area contributed by atoms with Crippen molar-refractivity contribution in [3.8, 4) is 0 Å². The van der Waals surface area contributed by atoms with Crippen LogP contribution >= 0.6 is 12.4 Å². The van der Waals surface area contributed by atoms with E-state index in [1.54, 1.807) is 6.92 Å². The number of rotatable bonds is 3. The van der Waals surface area contributed by atoms with E-state index in [9.17, 15) is 4.79 Å². The normalized spacial score (nSPS) is 19.3. The minimum absolute atomic E-state index is 0. The lowest BCUT2D eigenvalue weighted by molar-refractivity contribution is -0.126. The Morgan fingerprint density at radius 1 is 1.15 bits per heavy atom. The zero-order valence-corrected chi connectivity index (χ0v) is 12.9. The van der Waals surface area contributed by atoms with Crippen molar-refractivity contribution in [1.82, 2.24) is 5.32 Å². The first kappa shape index (κ1) is 17.0. The van der Waals surface area contributed by atoms with Crippen molar-refractivity contribution in [2.45, 2.75) is 57.0 Å². The summed E-state index contributed by atoms with van der Waals surface area (Å²) in [5.41, 5.74) is 6.14. The lowest BCUT2D eigenvalue weighted by Crippen LogP contribution is -2.51. The van der Waals surface area contributed by atoms with Crippen molar-refractivity contribution < 1.29 is 4.79 Å². The van der Waals surface area contributed by atoms with Gasteiger partial charge in [0.15, 0.2) is 0 Å². The monoisotopic (exact) mass is 296 g/mol. The number of amides is 1. The molecule has 1 aliphatic rings. The SMILES string of the molecule is CC(N)(C(=O)NC1CCCCCC1)c1ccccc1.Cl. The number of hydrogen-bond donors (Lipinski definition) is 2. The fraction of sp³-hybridized carbons (Fsp3) is 0.562. The molecule has 1 aromatic rings. The van der Waals surface area contributed by atoms with Crippen molar-refractivity contribution >= 4 is 18.3 Å². The van der Waals surface area contributed by atoms with Gasteiger partial charge in [0, 0.05) is 6.04 Å². The molecule has 0 bridgehead atoms. The zero-order valence-electron chi connectivity index (χ0n) is 12.1. The van der Waals surface area contributed by atoms with E-state index in [4.69, 9.17) is 5.73 Å². The quantitative estimate of drug-likeness (QED) is 0.842. The van der Waals surface area contributed by atoms with Crippen LogP contribution in [0.5, 0.6) is 0 Å². The van der Waals surface area contributed by atoms with Gasteiger partial charge < -0.3 is 11.1 Å². The van der Waals surface area contributed by atoms with E-state index in [0.717, 1.165) is 18.4 Å². The number of nitrogens with one attached hydrogen (secondary N) is 1. The Balaban J connectivity index is 0.00000200.